The van der Waals surface area contributed by atoms with Crippen molar-refractivity contribution < 1.29 is 4.79 Å². The third-order valence-electron chi connectivity index (χ3n) is 2.97. The molecule has 1 heterocycles. The summed E-state index contributed by atoms with van der Waals surface area (Å²) >= 11 is 6.02. The molecule has 0 unspecified atom stereocenters. The van der Waals surface area contributed by atoms with Gasteiger partial charge in [-0.1, -0.05) is 29.8 Å². The van der Waals surface area contributed by atoms with Crippen LogP contribution in [-0.2, 0) is 6.42 Å². The molecule has 2 rings (SSSR count). The highest BCUT2D eigenvalue weighted by molar-refractivity contribution is 6.31. The summed E-state index contributed by atoms with van der Waals surface area (Å²) < 4.78 is 0. The third-order valence-corrected chi connectivity index (χ3v) is 3.31. The van der Waals surface area contributed by atoms with Gasteiger partial charge in [0.05, 0.1) is 5.02 Å². The van der Waals surface area contributed by atoms with Crippen LogP contribution in [0.1, 0.15) is 27.0 Å². The zero-order valence-corrected chi connectivity index (χ0v) is 11.2. The van der Waals surface area contributed by atoms with Gasteiger partial charge in [0.1, 0.15) is 0 Å². The van der Waals surface area contributed by atoms with E-state index < -0.39 is 0 Å². The SMILES string of the molecule is Cc1cccc(C)c1C(=O)Cc1ccncc1Cl. The maximum Gasteiger partial charge on any atom is 0.167 e. The molecule has 0 aliphatic heterocycles. The summed E-state index contributed by atoms with van der Waals surface area (Å²) in [5.74, 6) is 0.0960. The molecule has 3 heteroatoms. The summed E-state index contributed by atoms with van der Waals surface area (Å²) in [4.78, 5) is 16.2. The van der Waals surface area contributed by atoms with E-state index in [0.29, 0.717) is 11.4 Å². The van der Waals surface area contributed by atoms with Crippen molar-refractivity contribution in [3.8, 4) is 0 Å². The van der Waals surface area contributed by atoms with Gasteiger partial charge in [0, 0.05) is 24.4 Å². The van der Waals surface area contributed by atoms with Gasteiger partial charge in [0.2, 0.25) is 0 Å². The van der Waals surface area contributed by atoms with E-state index in [2.05, 4.69) is 4.98 Å². The Morgan fingerprint density at radius 2 is 1.89 bits per heavy atom. The normalized spacial score (nSPS) is 10.4. The van der Waals surface area contributed by atoms with Crippen LogP contribution in [0, 0.1) is 13.8 Å². The molecule has 1 aromatic heterocycles. The number of rotatable bonds is 3. The Morgan fingerprint density at radius 1 is 1.22 bits per heavy atom. The molecule has 18 heavy (non-hydrogen) atoms. The first-order chi connectivity index (χ1) is 8.59. The zero-order chi connectivity index (χ0) is 13.1. The van der Waals surface area contributed by atoms with E-state index in [0.717, 1.165) is 22.3 Å². The van der Waals surface area contributed by atoms with Crippen molar-refractivity contribution >= 4 is 17.4 Å². The van der Waals surface area contributed by atoms with E-state index in [4.69, 9.17) is 11.6 Å². The Hall–Kier alpha value is -1.67. The van der Waals surface area contributed by atoms with Crippen molar-refractivity contribution in [3.05, 3.63) is 63.9 Å². The number of aromatic nitrogens is 1. The lowest BCUT2D eigenvalue weighted by atomic mass is 9.95. The Bertz CT molecular complexity index is 573. The molecule has 0 saturated carbocycles. The maximum atomic E-state index is 12.3. The molecule has 0 aliphatic carbocycles. The lowest BCUT2D eigenvalue weighted by molar-refractivity contribution is 0.0992. The van der Waals surface area contributed by atoms with Crippen molar-refractivity contribution in [1.29, 1.82) is 0 Å². The molecule has 0 saturated heterocycles. The number of hydrogen-bond donors (Lipinski definition) is 0. The molecule has 0 radical (unpaired) electrons. The highest BCUT2D eigenvalue weighted by atomic mass is 35.5. The number of ketones is 1. The molecule has 0 N–H and O–H groups in total. The van der Waals surface area contributed by atoms with Crippen LogP contribution < -0.4 is 0 Å². The average Bonchev–Trinajstić information content (AvgIpc) is 2.32. The van der Waals surface area contributed by atoms with E-state index >= 15 is 0 Å². The van der Waals surface area contributed by atoms with Crippen molar-refractivity contribution in [2.75, 3.05) is 0 Å². The summed E-state index contributed by atoms with van der Waals surface area (Å²) in [7, 11) is 0. The minimum absolute atomic E-state index is 0.0960. The predicted octanol–water partition coefficient (Wildman–Crippen LogP) is 3.78. The standard InChI is InChI=1S/C15H14ClNO/c1-10-4-3-5-11(2)15(10)14(18)8-12-6-7-17-9-13(12)16/h3-7,9H,8H2,1-2H3. The summed E-state index contributed by atoms with van der Waals surface area (Å²) in [5.41, 5.74) is 3.63. The van der Waals surface area contributed by atoms with Crippen LogP contribution in [0.2, 0.25) is 5.02 Å². The van der Waals surface area contributed by atoms with Gasteiger partial charge in [-0.3, -0.25) is 9.78 Å². The molecule has 0 amide bonds. The second-order valence-electron chi connectivity index (χ2n) is 4.33. The average molecular weight is 260 g/mol. The Labute approximate surface area is 112 Å². The van der Waals surface area contributed by atoms with Crippen LogP contribution in [0.4, 0.5) is 0 Å². The first-order valence-electron chi connectivity index (χ1n) is 5.77. The number of carbonyl (C=O) groups is 1. The van der Waals surface area contributed by atoms with Gasteiger partial charge in [-0.25, -0.2) is 0 Å². The van der Waals surface area contributed by atoms with Gasteiger partial charge in [-0.15, -0.1) is 0 Å². The van der Waals surface area contributed by atoms with Gasteiger partial charge in [0.15, 0.2) is 5.78 Å². The maximum absolute atomic E-state index is 12.3. The van der Waals surface area contributed by atoms with Crippen LogP contribution in [0.15, 0.2) is 36.7 Å². The predicted molar refractivity (Wildman–Crippen MR) is 73.2 cm³/mol. The lowest BCUT2D eigenvalue weighted by Gasteiger charge is -2.09. The second kappa shape index (κ2) is 5.32. The number of aryl methyl sites for hydroxylation is 2. The largest absolute Gasteiger partial charge is 0.294 e. The van der Waals surface area contributed by atoms with Crippen molar-refractivity contribution in [1.82, 2.24) is 4.98 Å². The van der Waals surface area contributed by atoms with E-state index in [1.54, 1.807) is 18.5 Å². The van der Waals surface area contributed by atoms with Crippen molar-refractivity contribution in [3.63, 3.8) is 0 Å². The minimum Gasteiger partial charge on any atom is -0.294 e. The molecule has 0 atom stereocenters. The number of benzene rings is 1. The minimum atomic E-state index is 0.0960. The summed E-state index contributed by atoms with van der Waals surface area (Å²) in [6, 6.07) is 7.65. The van der Waals surface area contributed by atoms with Gasteiger partial charge >= 0.3 is 0 Å². The first-order valence-corrected chi connectivity index (χ1v) is 6.15. The fraction of sp³-hybridized carbons (Fsp3) is 0.200. The summed E-state index contributed by atoms with van der Waals surface area (Å²) in [5, 5.41) is 0.539. The van der Waals surface area contributed by atoms with Crippen LogP contribution >= 0.6 is 11.6 Å². The Morgan fingerprint density at radius 3 is 2.50 bits per heavy atom. The molecular weight excluding hydrogens is 246 g/mol. The molecule has 2 nitrogen and oxygen atoms in total. The molecule has 1 aromatic carbocycles. The Balaban J connectivity index is 2.31. The molecule has 0 aliphatic rings. The van der Waals surface area contributed by atoms with E-state index in [1.807, 2.05) is 32.0 Å². The quantitative estimate of drug-likeness (QED) is 0.786. The van der Waals surface area contributed by atoms with Gasteiger partial charge < -0.3 is 0 Å². The lowest BCUT2D eigenvalue weighted by Crippen LogP contribution is -2.08. The number of nitrogens with zero attached hydrogens (tertiary/aromatic N) is 1. The fourth-order valence-corrected chi connectivity index (χ4v) is 2.25. The third kappa shape index (κ3) is 2.59. The van der Waals surface area contributed by atoms with E-state index in [1.165, 1.54) is 0 Å². The zero-order valence-electron chi connectivity index (χ0n) is 10.4. The molecule has 0 spiro atoms. The first kappa shape index (κ1) is 12.8. The second-order valence-corrected chi connectivity index (χ2v) is 4.74. The number of halogens is 1. The van der Waals surface area contributed by atoms with Gasteiger partial charge in [-0.2, -0.15) is 0 Å². The number of hydrogen-bond acceptors (Lipinski definition) is 2. The Kier molecular flexibility index (Phi) is 3.78. The van der Waals surface area contributed by atoms with E-state index in [-0.39, 0.29) is 5.78 Å². The number of Topliss-reactive ketones (excluding diaryl/α,β-unsaturated/α-hetero) is 1. The van der Waals surface area contributed by atoms with Gasteiger partial charge in [-0.05, 0) is 36.6 Å². The molecule has 2 aromatic rings. The highest BCUT2D eigenvalue weighted by Crippen LogP contribution is 2.19. The van der Waals surface area contributed by atoms with Crippen LogP contribution in [-0.4, -0.2) is 10.8 Å². The summed E-state index contributed by atoms with van der Waals surface area (Å²) in [6.45, 7) is 3.91. The topological polar surface area (TPSA) is 30.0 Å². The fourth-order valence-electron chi connectivity index (χ4n) is 2.06. The smallest absolute Gasteiger partial charge is 0.167 e. The van der Waals surface area contributed by atoms with Crippen molar-refractivity contribution in [2.45, 2.75) is 20.3 Å². The van der Waals surface area contributed by atoms with Gasteiger partial charge in [0.25, 0.3) is 0 Å². The molecular formula is C15H14ClNO. The van der Waals surface area contributed by atoms with Crippen LogP contribution in [0.3, 0.4) is 0 Å². The monoisotopic (exact) mass is 259 g/mol. The molecule has 92 valence electrons. The van der Waals surface area contributed by atoms with Crippen LogP contribution in [0.25, 0.3) is 0 Å². The van der Waals surface area contributed by atoms with E-state index in [9.17, 15) is 4.79 Å². The molecule has 0 bridgehead atoms. The summed E-state index contributed by atoms with van der Waals surface area (Å²) in [6.07, 6.45) is 3.53. The van der Waals surface area contributed by atoms with Crippen molar-refractivity contribution in [2.24, 2.45) is 0 Å². The number of pyridine rings is 1. The van der Waals surface area contributed by atoms with Crippen LogP contribution in [0.5, 0.6) is 0 Å². The highest BCUT2D eigenvalue weighted by Gasteiger charge is 2.13. The number of carbonyl (C=O) groups excluding carboxylic acids is 1. The molecule has 0 fully saturated rings.